The van der Waals surface area contributed by atoms with Crippen LogP contribution in [0.5, 0.6) is 5.75 Å². The van der Waals surface area contributed by atoms with Gasteiger partial charge in [0.15, 0.2) is 23.7 Å². The van der Waals surface area contributed by atoms with Crippen LogP contribution in [0.15, 0.2) is 18.3 Å². The van der Waals surface area contributed by atoms with Crippen LogP contribution < -0.4 is 10.1 Å². The fourth-order valence-corrected chi connectivity index (χ4v) is 3.98. The normalized spacial score (nSPS) is 26.0. The minimum absolute atomic E-state index is 0.0325. The number of hydrogen-bond acceptors (Lipinski definition) is 6. The average molecular weight is 380 g/mol. The molecule has 1 aliphatic carbocycles. The fourth-order valence-electron chi connectivity index (χ4n) is 3.98. The van der Waals surface area contributed by atoms with Crippen LogP contribution in [-0.4, -0.2) is 50.9 Å². The zero-order chi connectivity index (χ0) is 19.2. The Kier molecular flexibility index (Phi) is 4.25. The van der Waals surface area contributed by atoms with E-state index in [1.165, 1.54) is 10.6 Å². The lowest BCUT2D eigenvalue weighted by Gasteiger charge is -2.35. The summed E-state index contributed by atoms with van der Waals surface area (Å²) in [5.41, 5.74) is 0.234. The molecular formula is C17H19F3N6O. The summed E-state index contributed by atoms with van der Waals surface area (Å²) in [6.07, 6.45) is -0.505. The van der Waals surface area contributed by atoms with E-state index in [1.807, 2.05) is 0 Å². The second-order valence-corrected chi connectivity index (χ2v) is 7.15. The van der Waals surface area contributed by atoms with Crippen molar-refractivity contribution in [3.8, 4) is 11.9 Å². The molecule has 1 N–H and O–H groups in total. The molecule has 0 spiro atoms. The first-order chi connectivity index (χ1) is 12.8. The number of rotatable bonds is 4. The second-order valence-electron chi connectivity index (χ2n) is 7.15. The van der Waals surface area contributed by atoms with E-state index in [0.29, 0.717) is 30.9 Å². The molecule has 144 valence electrons. The lowest BCUT2D eigenvalue weighted by molar-refractivity contribution is -0.189. The van der Waals surface area contributed by atoms with Gasteiger partial charge in [-0.25, -0.2) is 4.52 Å². The number of pyridine rings is 1. The summed E-state index contributed by atoms with van der Waals surface area (Å²) < 4.78 is 44.9. The van der Waals surface area contributed by atoms with Crippen molar-refractivity contribution in [3.05, 3.63) is 18.3 Å². The van der Waals surface area contributed by atoms with Gasteiger partial charge in [0.05, 0.1) is 0 Å². The molecular weight excluding hydrogens is 361 g/mol. The number of halogens is 3. The number of fused-ring (bicyclic) bond motifs is 3. The van der Waals surface area contributed by atoms with Crippen LogP contribution in [0, 0.1) is 23.3 Å². The van der Waals surface area contributed by atoms with Gasteiger partial charge < -0.3 is 15.0 Å². The number of hydrogen-bond donors (Lipinski definition) is 1. The van der Waals surface area contributed by atoms with Crippen molar-refractivity contribution in [1.29, 1.82) is 5.26 Å². The monoisotopic (exact) mass is 380 g/mol. The van der Waals surface area contributed by atoms with Crippen LogP contribution in [0.1, 0.15) is 19.8 Å². The van der Waals surface area contributed by atoms with E-state index < -0.39 is 12.3 Å². The second kappa shape index (κ2) is 6.48. The molecule has 2 bridgehead atoms. The molecule has 27 heavy (non-hydrogen) atoms. The van der Waals surface area contributed by atoms with Crippen molar-refractivity contribution < 1.29 is 17.9 Å². The zero-order valence-corrected chi connectivity index (χ0v) is 14.6. The predicted octanol–water partition coefficient (Wildman–Crippen LogP) is 2.66. The van der Waals surface area contributed by atoms with Gasteiger partial charge in [0, 0.05) is 25.3 Å². The van der Waals surface area contributed by atoms with Crippen LogP contribution in [0.25, 0.3) is 5.65 Å². The molecule has 4 rings (SSSR count). The van der Waals surface area contributed by atoms with E-state index in [0.717, 1.165) is 19.8 Å². The Morgan fingerprint density at radius 2 is 2.04 bits per heavy atom. The Morgan fingerprint density at radius 3 is 2.67 bits per heavy atom. The predicted molar refractivity (Wildman–Crippen MR) is 89.9 cm³/mol. The van der Waals surface area contributed by atoms with Gasteiger partial charge in [-0.3, -0.25) is 0 Å². The molecule has 0 aromatic carbocycles. The lowest BCUT2D eigenvalue weighted by Crippen LogP contribution is -2.46. The third-order valence-electron chi connectivity index (χ3n) is 5.36. The first kappa shape index (κ1) is 17.7. The van der Waals surface area contributed by atoms with Gasteiger partial charge in [0.2, 0.25) is 5.95 Å². The SMILES string of the molecule is CC(Oc1cccn2nc(N[C@@H]3[C@@H]4CC[C@H]3CN(C#N)C4)nc12)C(F)(F)F. The van der Waals surface area contributed by atoms with E-state index in [-0.39, 0.29) is 17.4 Å². The molecule has 3 heterocycles. The highest BCUT2D eigenvalue weighted by Gasteiger charge is 2.42. The Bertz CT molecular complexity index is 862. The van der Waals surface area contributed by atoms with Gasteiger partial charge >= 0.3 is 6.18 Å². The van der Waals surface area contributed by atoms with Gasteiger partial charge in [0.25, 0.3) is 0 Å². The number of nitrogens with one attached hydrogen (secondary N) is 1. The Morgan fingerprint density at radius 1 is 1.33 bits per heavy atom. The highest BCUT2D eigenvalue weighted by atomic mass is 19.4. The molecule has 7 nitrogen and oxygen atoms in total. The molecule has 0 amide bonds. The molecule has 1 saturated heterocycles. The summed E-state index contributed by atoms with van der Waals surface area (Å²) in [6.45, 7) is 2.37. The van der Waals surface area contributed by atoms with Crippen molar-refractivity contribution >= 4 is 11.6 Å². The molecule has 1 unspecified atom stereocenters. The largest absolute Gasteiger partial charge is 0.477 e. The van der Waals surface area contributed by atoms with Gasteiger partial charge in [-0.05, 0) is 43.7 Å². The van der Waals surface area contributed by atoms with Crippen molar-refractivity contribution in [1.82, 2.24) is 19.5 Å². The van der Waals surface area contributed by atoms with E-state index in [2.05, 4.69) is 21.6 Å². The van der Waals surface area contributed by atoms with Crippen molar-refractivity contribution in [3.63, 3.8) is 0 Å². The van der Waals surface area contributed by atoms with Crippen LogP contribution in [0.2, 0.25) is 0 Å². The molecule has 4 atom stereocenters. The van der Waals surface area contributed by atoms with Crippen LogP contribution in [0.3, 0.4) is 0 Å². The number of ether oxygens (including phenoxy) is 1. The van der Waals surface area contributed by atoms with Gasteiger partial charge in [-0.1, -0.05) is 0 Å². The summed E-state index contributed by atoms with van der Waals surface area (Å²) in [6, 6.07) is 3.18. The van der Waals surface area contributed by atoms with Crippen LogP contribution >= 0.6 is 0 Å². The third-order valence-corrected chi connectivity index (χ3v) is 5.36. The lowest BCUT2D eigenvalue weighted by atomic mass is 9.92. The molecule has 10 heteroatoms. The minimum atomic E-state index is -4.46. The molecule has 2 fully saturated rings. The highest BCUT2D eigenvalue weighted by Crippen LogP contribution is 2.38. The number of nitrogens with zero attached hydrogens (tertiary/aromatic N) is 5. The minimum Gasteiger partial charge on any atom is -0.477 e. The smallest absolute Gasteiger partial charge is 0.425 e. The summed E-state index contributed by atoms with van der Waals surface area (Å²) in [5, 5.41) is 16.8. The van der Waals surface area contributed by atoms with Gasteiger partial charge in [0.1, 0.15) is 0 Å². The maximum Gasteiger partial charge on any atom is 0.425 e. The van der Waals surface area contributed by atoms with Crippen LogP contribution in [0.4, 0.5) is 19.1 Å². The summed E-state index contributed by atoms with van der Waals surface area (Å²) in [7, 11) is 0. The number of alkyl halides is 3. The molecule has 0 radical (unpaired) electrons. The summed E-state index contributed by atoms with van der Waals surface area (Å²) >= 11 is 0. The number of anilines is 1. The Hall–Kier alpha value is -2.70. The molecule has 1 saturated carbocycles. The Labute approximate surface area is 153 Å². The first-order valence-corrected chi connectivity index (χ1v) is 8.85. The van der Waals surface area contributed by atoms with E-state index in [1.54, 1.807) is 17.2 Å². The van der Waals surface area contributed by atoms with Crippen LogP contribution in [-0.2, 0) is 0 Å². The first-order valence-electron chi connectivity index (χ1n) is 8.85. The average Bonchev–Trinajstić information content (AvgIpc) is 3.12. The van der Waals surface area contributed by atoms with Crippen molar-refractivity contribution in [2.45, 2.75) is 38.1 Å². The quantitative estimate of drug-likeness (QED) is 0.822. The van der Waals surface area contributed by atoms with E-state index in [9.17, 15) is 13.2 Å². The number of likely N-dealkylation sites (tertiary alicyclic amines) is 1. The maximum atomic E-state index is 12.8. The van der Waals surface area contributed by atoms with Gasteiger partial charge in [-0.2, -0.15) is 23.4 Å². The number of piperidine rings is 1. The van der Waals surface area contributed by atoms with E-state index in [4.69, 9.17) is 10.00 Å². The molecule has 2 aromatic heterocycles. The number of aromatic nitrogens is 3. The molecule has 2 aromatic rings. The van der Waals surface area contributed by atoms with E-state index >= 15 is 0 Å². The standard InChI is InChI=1S/C17H19F3N6O/c1-10(17(18,19)20)27-13-3-2-6-26-15(13)23-16(24-26)22-14-11-4-5-12(14)8-25(7-11)9-21/h2-3,6,10-12,14H,4-5,7-8H2,1H3,(H,22,24)/t10?,11-,12+,14-. The van der Waals surface area contributed by atoms with Crippen molar-refractivity contribution in [2.24, 2.45) is 11.8 Å². The molecule has 1 aliphatic heterocycles. The van der Waals surface area contributed by atoms with Crippen molar-refractivity contribution in [2.75, 3.05) is 18.4 Å². The topological polar surface area (TPSA) is 78.5 Å². The van der Waals surface area contributed by atoms with Gasteiger partial charge in [-0.15, -0.1) is 5.10 Å². The maximum absolute atomic E-state index is 12.8. The highest BCUT2D eigenvalue weighted by molar-refractivity contribution is 5.56. The number of nitriles is 1. The Balaban J connectivity index is 1.55. The molecule has 2 aliphatic rings. The summed E-state index contributed by atoms with van der Waals surface area (Å²) in [4.78, 5) is 6.13. The summed E-state index contributed by atoms with van der Waals surface area (Å²) in [5.74, 6) is 1.05. The fraction of sp³-hybridized carbons (Fsp3) is 0.588. The third kappa shape index (κ3) is 3.34. The zero-order valence-electron chi connectivity index (χ0n) is 14.6.